The fraction of sp³-hybridized carbons (Fsp3) is 0.500. The Hall–Kier alpha value is -0.290. The largest absolute Gasteiger partial charge is 0.375 e. The number of rotatable bonds is 3. The number of nitrogens with two attached hydrogens (primary N) is 1. The van der Waals surface area contributed by atoms with Gasteiger partial charge in [0.1, 0.15) is 5.82 Å². The Labute approximate surface area is 110 Å². The van der Waals surface area contributed by atoms with E-state index in [0.29, 0.717) is 6.42 Å². The highest BCUT2D eigenvalue weighted by Gasteiger charge is 2.22. The van der Waals surface area contributed by atoms with Gasteiger partial charge in [-0.1, -0.05) is 17.7 Å². The number of thioether (sulfide) groups is 1. The predicted octanol–water partition coefficient (Wildman–Crippen LogP) is 2.48. The van der Waals surface area contributed by atoms with E-state index in [1.165, 1.54) is 6.07 Å². The van der Waals surface area contributed by atoms with E-state index >= 15 is 0 Å². The topological polar surface area (TPSA) is 35.2 Å². The summed E-state index contributed by atoms with van der Waals surface area (Å²) in [4.78, 5) is 0. The third-order valence-corrected chi connectivity index (χ3v) is 4.08. The van der Waals surface area contributed by atoms with Gasteiger partial charge >= 0.3 is 0 Å². The van der Waals surface area contributed by atoms with Crippen molar-refractivity contribution < 1.29 is 9.13 Å². The molecule has 0 aliphatic carbocycles. The van der Waals surface area contributed by atoms with Gasteiger partial charge < -0.3 is 10.5 Å². The fourth-order valence-corrected chi connectivity index (χ4v) is 2.98. The van der Waals surface area contributed by atoms with Crippen molar-refractivity contribution >= 4 is 23.4 Å². The Morgan fingerprint density at radius 1 is 1.59 bits per heavy atom. The van der Waals surface area contributed by atoms with E-state index in [2.05, 4.69) is 0 Å². The van der Waals surface area contributed by atoms with Crippen LogP contribution in [0.15, 0.2) is 18.2 Å². The summed E-state index contributed by atoms with van der Waals surface area (Å²) in [6.45, 7) is 0.757. The van der Waals surface area contributed by atoms with Crippen molar-refractivity contribution in [2.45, 2.75) is 18.6 Å². The first-order valence-corrected chi connectivity index (χ1v) is 7.09. The van der Waals surface area contributed by atoms with Crippen LogP contribution >= 0.6 is 23.4 Å². The molecule has 5 heteroatoms. The van der Waals surface area contributed by atoms with Crippen molar-refractivity contribution in [3.63, 3.8) is 0 Å². The standard InChI is InChI=1S/C12H15ClFNOS/c13-9-5-8(1-2-10(9)14)6-11(15)12-7-17-4-3-16-12/h1-2,5,11-12H,3-4,6-7,15H2. The number of halogens is 2. The molecule has 2 atom stereocenters. The molecule has 2 rings (SSSR count). The second kappa shape index (κ2) is 6.05. The normalized spacial score (nSPS) is 22.4. The van der Waals surface area contributed by atoms with Crippen LogP contribution in [0.5, 0.6) is 0 Å². The summed E-state index contributed by atoms with van der Waals surface area (Å²) in [7, 11) is 0. The van der Waals surface area contributed by atoms with Gasteiger partial charge in [-0.05, 0) is 24.1 Å². The Balaban J connectivity index is 1.96. The molecule has 0 bridgehead atoms. The van der Waals surface area contributed by atoms with Crippen molar-refractivity contribution in [3.8, 4) is 0 Å². The molecular formula is C12H15ClFNOS. The first kappa shape index (κ1) is 13.1. The second-order valence-electron chi connectivity index (χ2n) is 4.10. The van der Waals surface area contributed by atoms with Crippen molar-refractivity contribution in [2.75, 3.05) is 18.1 Å². The minimum Gasteiger partial charge on any atom is -0.375 e. The molecule has 0 aromatic heterocycles. The monoisotopic (exact) mass is 275 g/mol. The molecule has 1 saturated heterocycles. The van der Waals surface area contributed by atoms with E-state index in [1.54, 1.807) is 12.1 Å². The van der Waals surface area contributed by atoms with Crippen LogP contribution in [0.3, 0.4) is 0 Å². The molecule has 1 heterocycles. The highest BCUT2D eigenvalue weighted by molar-refractivity contribution is 7.99. The minimum absolute atomic E-state index is 0.0654. The van der Waals surface area contributed by atoms with Gasteiger partial charge in [0.05, 0.1) is 17.7 Å². The number of hydrogen-bond acceptors (Lipinski definition) is 3. The van der Waals surface area contributed by atoms with Crippen LogP contribution in [0.1, 0.15) is 5.56 Å². The second-order valence-corrected chi connectivity index (χ2v) is 5.66. The predicted molar refractivity (Wildman–Crippen MR) is 70.2 cm³/mol. The van der Waals surface area contributed by atoms with Crippen LogP contribution in [0, 0.1) is 5.82 Å². The zero-order valence-electron chi connectivity index (χ0n) is 9.36. The quantitative estimate of drug-likeness (QED) is 0.921. The van der Waals surface area contributed by atoms with E-state index < -0.39 is 5.82 Å². The van der Waals surface area contributed by atoms with E-state index in [1.807, 2.05) is 11.8 Å². The Bertz CT molecular complexity index is 385. The Morgan fingerprint density at radius 3 is 3.06 bits per heavy atom. The molecule has 17 heavy (non-hydrogen) atoms. The Morgan fingerprint density at radius 2 is 2.41 bits per heavy atom. The first-order chi connectivity index (χ1) is 8.16. The molecule has 0 radical (unpaired) electrons. The third-order valence-electron chi connectivity index (χ3n) is 2.77. The maximum absolute atomic E-state index is 13.0. The zero-order valence-corrected chi connectivity index (χ0v) is 10.9. The molecule has 1 aromatic carbocycles. The van der Waals surface area contributed by atoms with Crippen molar-refractivity contribution in [2.24, 2.45) is 5.73 Å². The van der Waals surface area contributed by atoms with E-state index in [9.17, 15) is 4.39 Å². The van der Waals surface area contributed by atoms with Gasteiger partial charge in [-0.25, -0.2) is 4.39 Å². The van der Waals surface area contributed by atoms with Gasteiger partial charge in [-0.15, -0.1) is 0 Å². The van der Waals surface area contributed by atoms with Gasteiger partial charge in [0.15, 0.2) is 0 Å². The molecule has 1 aliphatic rings. The Kier molecular flexibility index (Phi) is 4.68. The molecule has 2 N–H and O–H groups in total. The lowest BCUT2D eigenvalue weighted by Gasteiger charge is -2.27. The van der Waals surface area contributed by atoms with E-state index in [0.717, 1.165) is 23.7 Å². The molecule has 1 aromatic rings. The maximum Gasteiger partial charge on any atom is 0.141 e. The van der Waals surface area contributed by atoms with Crippen LogP contribution in [0.2, 0.25) is 5.02 Å². The smallest absolute Gasteiger partial charge is 0.141 e. The van der Waals surface area contributed by atoms with Gasteiger partial charge in [-0.2, -0.15) is 11.8 Å². The average Bonchev–Trinajstić information content (AvgIpc) is 2.35. The van der Waals surface area contributed by atoms with E-state index in [4.69, 9.17) is 22.1 Å². The van der Waals surface area contributed by atoms with Crippen LogP contribution in [-0.4, -0.2) is 30.3 Å². The lowest BCUT2D eigenvalue weighted by Crippen LogP contribution is -2.42. The fourth-order valence-electron chi connectivity index (χ4n) is 1.82. The van der Waals surface area contributed by atoms with Crippen molar-refractivity contribution in [1.29, 1.82) is 0 Å². The zero-order chi connectivity index (χ0) is 12.3. The number of benzene rings is 1. The number of hydrogen-bond donors (Lipinski definition) is 1. The first-order valence-electron chi connectivity index (χ1n) is 5.55. The lowest BCUT2D eigenvalue weighted by molar-refractivity contribution is 0.0572. The molecule has 0 amide bonds. The van der Waals surface area contributed by atoms with Crippen LogP contribution in [-0.2, 0) is 11.2 Å². The van der Waals surface area contributed by atoms with Crippen molar-refractivity contribution in [1.82, 2.24) is 0 Å². The van der Waals surface area contributed by atoms with Crippen LogP contribution in [0.4, 0.5) is 4.39 Å². The summed E-state index contributed by atoms with van der Waals surface area (Å²) in [5.74, 6) is 1.57. The minimum atomic E-state index is -0.395. The van der Waals surface area contributed by atoms with Crippen molar-refractivity contribution in [3.05, 3.63) is 34.6 Å². The van der Waals surface area contributed by atoms with Crippen LogP contribution < -0.4 is 5.73 Å². The summed E-state index contributed by atoms with van der Waals surface area (Å²) in [5, 5.41) is 0.147. The summed E-state index contributed by atoms with van der Waals surface area (Å²) in [6, 6.07) is 4.66. The highest BCUT2D eigenvalue weighted by Crippen LogP contribution is 2.20. The van der Waals surface area contributed by atoms with E-state index in [-0.39, 0.29) is 17.2 Å². The average molecular weight is 276 g/mol. The lowest BCUT2D eigenvalue weighted by atomic mass is 10.0. The molecule has 0 spiro atoms. The summed E-state index contributed by atoms with van der Waals surface area (Å²) in [5.41, 5.74) is 7.04. The molecule has 94 valence electrons. The highest BCUT2D eigenvalue weighted by atomic mass is 35.5. The molecule has 2 nitrogen and oxygen atoms in total. The molecule has 1 fully saturated rings. The van der Waals surface area contributed by atoms with Gasteiger partial charge in [0.25, 0.3) is 0 Å². The summed E-state index contributed by atoms with van der Waals surface area (Å²) < 4.78 is 18.6. The maximum atomic E-state index is 13.0. The number of ether oxygens (including phenoxy) is 1. The van der Waals surface area contributed by atoms with Crippen LogP contribution in [0.25, 0.3) is 0 Å². The summed E-state index contributed by atoms with van der Waals surface area (Å²) >= 11 is 7.59. The molecule has 0 saturated carbocycles. The molecule has 1 aliphatic heterocycles. The van der Waals surface area contributed by atoms with Gasteiger partial charge in [0.2, 0.25) is 0 Å². The SMILES string of the molecule is NC(Cc1ccc(F)c(Cl)c1)C1CSCCO1. The van der Waals surface area contributed by atoms with Gasteiger partial charge in [-0.3, -0.25) is 0 Å². The third kappa shape index (κ3) is 3.58. The van der Waals surface area contributed by atoms with Gasteiger partial charge in [0, 0.05) is 17.5 Å². The molecule has 2 unspecified atom stereocenters. The molecular weight excluding hydrogens is 261 g/mol. The summed E-state index contributed by atoms with van der Waals surface area (Å²) in [6.07, 6.45) is 0.739.